The predicted octanol–water partition coefficient (Wildman–Crippen LogP) is 2.88. The zero-order valence-corrected chi connectivity index (χ0v) is 12.0. The van der Waals surface area contributed by atoms with Gasteiger partial charge in [-0.3, -0.25) is 4.79 Å². The van der Waals surface area contributed by atoms with Crippen LogP contribution in [0.15, 0.2) is 28.7 Å². The van der Waals surface area contributed by atoms with Gasteiger partial charge >= 0.3 is 0 Å². The Bertz CT molecular complexity index is 444. The zero-order chi connectivity index (χ0) is 12.8. The van der Waals surface area contributed by atoms with Crippen LogP contribution in [-0.2, 0) is 4.79 Å². The quantitative estimate of drug-likeness (QED) is 0.930. The summed E-state index contributed by atoms with van der Waals surface area (Å²) in [5.74, 6) is -0.121. The molecule has 17 heavy (non-hydrogen) atoms. The topological polar surface area (TPSA) is 52.9 Å². The molecule has 1 amide bonds. The summed E-state index contributed by atoms with van der Waals surface area (Å²) in [6, 6.07) is 8.86. The molecule has 0 aliphatic heterocycles. The van der Waals surface area contributed by atoms with Gasteiger partial charge in [0, 0.05) is 4.47 Å². The number of amides is 1. The van der Waals surface area contributed by atoms with Crippen LogP contribution in [0.5, 0.6) is 0 Å². The average molecular weight is 313 g/mol. The number of nitrogens with zero attached hydrogens (tertiary/aromatic N) is 1. The van der Waals surface area contributed by atoms with E-state index in [1.807, 2.05) is 37.4 Å². The second-order valence-electron chi connectivity index (χ2n) is 3.50. The van der Waals surface area contributed by atoms with Crippen LogP contribution in [0, 0.1) is 11.3 Å². The Morgan fingerprint density at radius 2 is 2.29 bits per heavy atom. The molecule has 3 nitrogen and oxygen atoms in total. The van der Waals surface area contributed by atoms with E-state index in [4.69, 9.17) is 5.26 Å². The lowest BCUT2D eigenvalue weighted by Crippen LogP contribution is -2.33. The highest BCUT2D eigenvalue weighted by Crippen LogP contribution is 2.18. The molecule has 2 atom stereocenters. The second kappa shape index (κ2) is 6.67. The summed E-state index contributed by atoms with van der Waals surface area (Å²) in [4.78, 5) is 11.7. The van der Waals surface area contributed by atoms with Crippen LogP contribution in [-0.4, -0.2) is 17.4 Å². The second-order valence-corrected chi connectivity index (χ2v) is 5.60. The number of nitriles is 1. The Labute approximate surface area is 114 Å². The van der Waals surface area contributed by atoms with Gasteiger partial charge in [0.1, 0.15) is 6.04 Å². The van der Waals surface area contributed by atoms with Gasteiger partial charge in [0.2, 0.25) is 5.91 Å². The predicted molar refractivity (Wildman–Crippen MR) is 73.6 cm³/mol. The van der Waals surface area contributed by atoms with Gasteiger partial charge in [0.05, 0.1) is 11.3 Å². The molecular formula is C12H13BrN2OS. The standard InChI is InChI=1S/C12H13BrN2OS/c1-8(17-2)12(16)15-11(7-14)9-4-3-5-10(13)6-9/h3-6,8,11H,1-2H3,(H,15,16). The van der Waals surface area contributed by atoms with Crippen molar-refractivity contribution < 1.29 is 4.79 Å². The van der Waals surface area contributed by atoms with E-state index in [2.05, 4.69) is 27.3 Å². The Morgan fingerprint density at radius 3 is 2.82 bits per heavy atom. The normalized spacial score (nSPS) is 13.5. The van der Waals surface area contributed by atoms with Crippen molar-refractivity contribution in [1.82, 2.24) is 5.32 Å². The molecule has 5 heteroatoms. The van der Waals surface area contributed by atoms with Crippen LogP contribution in [0.4, 0.5) is 0 Å². The monoisotopic (exact) mass is 312 g/mol. The highest BCUT2D eigenvalue weighted by atomic mass is 79.9. The van der Waals surface area contributed by atoms with Crippen LogP contribution < -0.4 is 5.32 Å². The largest absolute Gasteiger partial charge is 0.336 e. The molecule has 0 fully saturated rings. The molecule has 0 radical (unpaired) electrons. The van der Waals surface area contributed by atoms with E-state index in [9.17, 15) is 4.79 Å². The molecule has 1 aromatic rings. The molecule has 2 unspecified atom stereocenters. The number of carbonyl (C=O) groups excluding carboxylic acids is 1. The van der Waals surface area contributed by atoms with Crippen molar-refractivity contribution in [2.45, 2.75) is 18.2 Å². The number of hydrogen-bond donors (Lipinski definition) is 1. The maximum Gasteiger partial charge on any atom is 0.234 e. The van der Waals surface area contributed by atoms with Crippen molar-refractivity contribution in [3.63, 3.8) is 0 Å². The Morgan fingerprint density at radius 1 is 1.59 bits per heavy atom. The fourth-order valence-electron chi connectivity index (χ4n) is 1.24. The number of thioether (sulfide) groups is 1. The van der Waals surface area contributed by atoms with E-state index in [0.29, 0.717) is 0 Å². The summed E-state index contributed by atoms with van der Waals surface area (Å²) in [5, 5.41) is 11.7. The number of hydrogen-bond acceptors (Lipinski definition) is 3. The first-order valence-electron chi connectivity index (χ1n) is 5.06. The van der Waals surface area contributed by atoms with E-state index in [1.54, 1.807) is 0 Å². The van der Waals surface area contributed by atoms with E-state index in [0.717, 1.165) is 10.0 Å². The summed E-state index contributed by atoms with van der Waals surface area (Å²) in [6.07, 6.45) is 1.87. The number of rotatable bonds is 4. The smallest absolute Gasteiger partial charge is 0.234 e. The fourth-order valence-corrected chi connectivity index (χ4v) is 1.94. The van der Waals surface area contributed by atoms with E-state index in [1.165, 1.54) is 11.8 Å². The van der Waals surface area contributed by atoms with Crippen molar-refractivity contribution in [2.75, 3.05) is 6.26 Å². The van der Waals surface area contributed by atoms with Gasteiger partial charge in [0.15, 0.2) is 0 Å². The lowest BCUT2D eigenvalue weighted by molar-refractivity contribution is -0.120. The van der Waals surface area contributed by atoms with Gasteiger partial charge in [-0.1, -0.05) is 28.1 Å². The summed E-state index contributed by atoms with van der Waals surface area (Å²) < 4.78 is 0.891. The van der Waals surface area contributed by atoms with Crippen molar-refractivity contribution in [3.05, 3.63) is 34.3 Å². The van der Waals surface area contributed by atoms with Crippen molar-refractivity contribution in [2.24, 2.45) is 0 Å². The first-order chi connectivity index (χ1) is 8.08. The molecule has 0 saturated heterocycles. The van der Waals surface area contributed by atoms with Gasteiger partial charge in [-0.2, -0.15) is 17.0 Å². The third kappa shape index (κ3) is 4.06. The van der Waals surface area contributed by atoms with Crippen molar-refractivity contribution in [1.29, 1.82) is 5.26 Å². The van der Waals surface area contributed by atoms with Crippen LogP contribution in [0.2, 0.25) is 0 Å². The molecule has 0 aliphatic carbocycles. The molecule has 1 aromatic carbocycles. The lowest BCUT2D eigenvalue weighted by Gasteiger charge is -2.15. The molecule has 0 aliphatic rings. The van der Waals surface area contributed by atoms with Crippen molar-refractivity contribution in [3.8, 4) is 6.07 Å². The minimum atomic E-state index is -0.602. The molecular weight excluding hydrogens is 300 g/mol. The SMILES string of the molecule is CSC(C)C(=O)NC(C#N)c1cccc(Br)c1. The van der Waals surface area contributed by atoms with Gasteiger partial charge < -0.3 is 5.32 Å². The van der Waals surface area contributed by atoms with Crippen LogP contribution in [0.3, 0.4) is 0 Å². The third-order valence-corrected chi connectivity index (χ3v) is 3.73. The molecule has 90 valence electrons. The highest BCUT2D eigenvalue weighted by molar-refractivity contribution is 9.10. The first kappa shape index (κ1) is 14.1. The maximum atomic E-state index is 11.7. The van der Waals surface area contributed by atoms with Gasteiger partial charge in [-0.15, -0.1) is 0 Å². The molecule has 0 bridgehead atoms. The van der Waals surface area contributed by atoms with E-state index in [-0.39, 0.29) is 11.2 Å². The summed E-state index contributed by atoms with van der Waals surface area (Å²) >= 11 is 4.80. The van der Waals surface area contributed by atoms with Gasteiger partial charge in [-0.05, 0) is 30.9 Å². The number of carbonyl (C=O) groups is 1. The van der Waals surface area contributed by atoms with Crippen LogP contribution in [0.1, 0.15) is 18.5 Å². The average Bonchev–Trinajstić information content (AvgIpc) is 2.34. The number of benzene rings is 1. The maximum absolute atomic E-state index is 11.7. The minimum Gasteiger partial charge on any atom is -0.336 e. The fraction of sp³-hybridized carbons (Fsp3) is 0.333. The molecule has 0 heterocycles. The summed E-state index contributed by atoms with van der Waals surface area (Å²) in [6.45, 7) is 1.81. The minimum absolute atomic E-state index is 0.121. The Balaban J connectivity index is 2.80. The zero-order valence-electron chi connectivity index (χ0n) is 9.61. The number of nitrogens with one attached hydrogen (secondary N) is 1. The Kier molecular flexibility index (Phi) is 5.52. The van der Waals surface area contributed by atoms with Crippen molar-refractivity contribution >= 4 is 33.6 Å². The van der Waals surface area contributed by atoms with Crippen LogP contribution >= 0.6 is 27.7 Å². The molecule has 0 spiro atoms. The Hall–Kier alpha value is -0.990. The molecule has 1 N–H and O–H groups in total. The summed E-state index contributed by atoms with van der Waals surface area (Å²) in [7, 11) is 0. The van der Waals surface area contributed by atoms with Gasteiger partial charge in [-0.25, -0.2) is 0 Å². The highest BCUT2D eigenvalue weighted by Gasteiger charge is 2.17. The first-order valence-corrected chi connectivity index (χ1v) is 7.14. The molecule has 0 aromatic heterocycles. The number of halogens is 1. The van der Waals surface area contributed by atoms with E-state index >= 15 is 0 Å². The lowest BCUT2D eigenvalue weighted by atomic mass is 10.1. The van der Waals surface area contributed by atoms with Crippen LogP contribution in [0.25, 0.3) is 0 Å². The molecule has 1 rings (SSSR count). The molecule has 0 saturated carbocycles. The summed E-state index contributed by atoms with van der Waals surface area (Å²) in [5.41, 5.74) is 0.781. The van der Waals surface area contributed by atoms with E-state index < -0.39 is 6.04 Å². The van der Waals surface area contributed by atoms with Gasteiger partial charge in [0.25, 0.3) is 0 Å². The third-order valence-electron chi connectivity index (χ3n) is 2.32.